The Morgan fingerprint density at radius 1 is 1.67 bits per heavy atom. The van der Waals surface area contributed by atoms with Crippen LogP contribution in [0.15, 0.2) is 0 Å². The van der Waals surface area contributed by atoms with Gasteiger partial charge in [-0.25, -0.2) is 0 Å². The van der Waals surface area contributed by atoms with E-state index in [2.05, 4.69) is 0 Å². The highest BCUT2D eigenvalue weighted by Gasteiger charge is 2.27. The Kier molecular flexibility index (Phi) is 1.75. The predicted molar refractivity (Wildman–Crippen MR) is 32.0 cm³/mol. The molecule has 1 aliphatic rings. The minimum atomic E-state index is -1.06. The molecule has 2 atom stereocenters. The predicted octanol–water partition coefficient (Wildman–Crippen LogP) is 0.130. The van der Waals surface area contributed by atoms with E-state index in [-0.39, 0.29) is 12.7 Å². The molecule has 3 heteroatoms. The summed E-state index contributed by atoms with van der Waals surface area (Å²) in [4.78, 5) is 0. The third kappa shape index (κ3) is 1.93. The summed E-state index contributed by atoms with van der Waals surface area (Å²) in [6.07, 6.45) is 0.116. The van der Waals surface area contributed by atoms with E-state index in [4.69, 9.17) is 14.6 Å². The first-order valence-electron chi connectivity index (χ1n) is 3.08. The molecule has 1 N–H and O–H groups in total. The number of aliphatic hydroxyl groups is 1. The fourth-order valence-corrected chi connectivity index (χ4v) is 0.684. The second-order valence-corrected chi connectivity index (χ2v) is 2.61. The minimum Gasteiger partial charge on any atom is -0.371 e. The molecule has 0 bridgehead atoms. The zero-order valence-electron chi connectivity index (χ0n) is 5.76. The zero-order valence-corrected chi connectivity index (χ0v) is 5.76. The van der Waals surface area contributed by atoms with Crippen molar-refractivity contribution >= 4 is 0 Å². The van der Waals surface area contributed by atoms with Gasteiger partial charge in [-0.3, -0.25) is 0 Å². The third-order valence-corrected chi connectivity index (χ3v) is 1.26. The topological polar surface area (TPSA) is 38.7 Å². The highest BCUT2D eigenvalue weighted by atomic mass is 16.7. The Bertz CT molecular complexity index is 90.5. The average molecular weight is 132 g/mol. The lowest BCUT2D eigenvalue weighted by atomic mass is 10.3. The molecule has 1 rings (SSSR count). The molecule has 0 spiro atoms. The first kappa shape index (κ1) is 6.99. The largest absolute Gasteiger partial charge is 0.371 e. The maximum absolute atomic E-state index is 9.14. The van der Waals surface area contributed by atoms with Crippen molar-refractivity contribution in [3.05, 3.63) is 0 Å². The van der Waals surface area contributed by atoms with Crippen LogP contribution in [0.25, 0.3) is 0 Å². The van der Waals surface area contributed by atoms with Crippen LogP contribution >= 0.6 is 0 Å². The van der Waals surface area contributed by atoms with Crippen molar-refractivity contribution in [3.8, 4) is 0 Å². The van der Waals surface area contributed by atoms with Gasteiger partial charge in [-0.2, -0.15) is 0 Å². The fourth-order valence-electron chi connectivity index (χ4n) is 0.684. The summed E-state index contributed by atoms with van der Waals surface area (Å²) in [6.45, 7) is 4.26. The Hall–Kier alpha value is -0.120. The lowest BCUT2D eigenvalue weighted by molar-refractivity contribution is -0.274. The number of hydrogen-bond donors (Lipinski definition) is 1. The van der Waals surface area contributed by atoms with E-state index >= 15 is 0 Å². The third-order valence-electron chi connectivity index (χ3n) is 1.26. The summed E-state index contributed by atoms with van der Waals surface area (Å²) in [5.74, 6) is -1.06. The Morgan fingerprint density at radius 3 is 2.67 bits per heavy atom. The average Bonchev–Trinajstić information content (AvgIpc) is 1.78. The molecule has 0 amide bonds. The van der Waals surface area contributed by atoms with E-state index in [9.17, 15) is 0 Å². The molecule has 0 aromatic rings. The standard InChI is InChI=1S/C6H12O3/c1-5-3-9-6(2,7)4-8-5/h5,7H,3-4H2,1-2H3. The molecule has 0 aromatic heterocycles. The molecule has 1 aliphatic heterocycles. The minimum absolute atomic E-state index is 0.116. The Morgan fingerprint density at radius 2 is 2.33 bits per heavy atom. The zero-order chi connectivity index (χ0) is 6.91. The molecule has 1 heterocycles. The molecular weight excluding hydrogens is 120 g/mol. The maximum atomic E-state index is 9.14. The SMILES string of the molecule is CC1COC(C)(O)CO1. The lowest BCUT2D eigenvalue weighted by Gasteiger charge is -2.31. The normalized spacial score (nSPS) is 45.0. The van der Waals surface area contributed by atoms with Crippen molar-refractivity contribution < 1.29 is 14.6 Å². The van der Waals surface area contributed by atoms with Gasteiger partial charge in [-0.1, -0.05) is 0 Å². The maximum Gasteiger partial charge on any atom is 0.186 e. The van der Waals surface area contributed by atoms with Crippen molar-refractivity contribution in [2.24, 2.45) is 0 Å². The van der Waals surface area contributed by atoms with Gasteiger partial charge in [0.05, 0.1) is 12.7 Å². The molecule has 2 unspecified atom stereocenters. The van der Waals surface area contributed by atoms with Gasteiger partial charge in [-0.05, 0) is 13.8 Å². The highest BCUT2D eigenvalue weighted by molar-refractivity contribution is 4.65. The van der Waals surface area contributed by atoms with E-state index < -0.39 is 5.79 Å². The van der Waals surface area contributed by atoms with Gasteiger partial charge < -0.3 is 14.6 Å². The van der Waals surface area contributed by atoms with Crippen LogP contribution in [0.2, 0.25) is 0 Å². The second kappa shape index (κ2) is 2.25. The quantitative estimate of drug-likeness (QED) is 0.509. The van der Waals surface area contributed by atoms with Crippen LogP contribution in [0, 0.1) is 0 Å². The Labute approximate surface area is 54.6 Å². The van der Waals surface area contributed by atoms with Gasteiger partial charge in [0.1, 0.15) is 6.61 Å². The summed E-state index contributed by atoms with van der Waals surface area (Å²) >= 11 is 0. The molecule has 3 nitrogen and oxygen atoms in total. The summed E-state index contributed by atoms with van der Waals surface area (Å²) in [5, 5.41) is 9.14. The van der Waals surface area contributed by atoms with E-state index in [1.165, 1.54) is 0 Å². The van der Waals surface area contributed by atoms with Crippen molar-refractivity contribution in [2.75, 3.05) is 13.2 Å². The molecule has 1 fully saturated rings. The van der Waals surface area contributed by atoms with Crippen molar-refractivity contribution in [1.29, 1.82) is 0 Å². The van der Waals surface area contributed by atoms with Crippen LogP contribution in [0.5, 0.6) is 0 Å². The monoisotopic (exact) mass is 132 g/mol. The summed E-state index contributed by atoms with van der Waals surface area (Å²) in [5.41, 5.74) is 0. The summed E-state index contributed by atoms with van der Waals surface area (Å²) < 4.78 is 10.1. The first-order chi connectivity index (χ1) is 4.10. The highest BCUT2D eigenvalue weighted by Crippen LogP contribution is 2.13. The van der Waals surface area contributed by atoms with Crippen LogP contribution in [0.3, 0.4) is 0 Å². The molecule has 0 aliphatic carbocycles. The number of rotatable bonds is 0. The number of ether oxygens (including phenoxy) is 2. The molecule has 0 radical (unpaired) electrons. The van der Waals surface area contributed by atoms with Crippen LogP contribution in [-0.4, -0.2) is 30.2 Å². The molecule has 9 heavy (non-hydrogen) atoms. The van der Waals surface area contributed by atoms with Crippen molar-refractivity contribution in [3.63, 3.8) is 0 Å². The lowest BCUT2D eigenvalue weighted by Crippen LogP contribution is -2.43. The van der Waals surface area contributed by atoms with Gasteiger partial charge in [0, 0.05) is 0 Å². The molecule has 0 saturated carbocycles. The van der Waals surface area contributed by atoms with Gasteiger partial charge in [0.2, 0.25) is 0 Å². The first-order valence-corrected chi connectivity index (χ1v) is 3.08. The van der Waals surface area contributed by atoms with Crippen LogP contribution in [0.1, 0.15) is 13.8 Å². The van der Waals surface area contributed by atoms with Crippen molar-refractivity contribution in [2.45, 2.75) is 25.7 Å². The van der Waals surface area contributed by atoms with E-state index in [0.717, 1.165) is 0 Å². The Balaban J connectivity index is 2.35. The van der Waals surface area contributed by atoms with Crippen LogP contribution in [0.4, 0.5) is 0 Å². The molecule has 54 valence electrons. The van der Waals surface area contributed by atoms with E-state index in [0.29, 0.717) is 6.61 Å². The van der Waals surface area contributed by atoms with Gasteiger partial charge in [-0.15, -0.1) is 0 Å². The number of hydrogen-bond acceptors (Lipinski definition) is 3. The second-order valence-electron chi connectivity index (χ2n) is 2.61. The van der Waals surface area contributed by atoms with E-state index in [1.54, 1.807) is 6.92 Å². The summed E-state index contributed by atoms with van der Waals surface area (Å²) in [7, 11) is 0. The van der Waals surface area contributed by atoms with Crippen LogP contribution < -0.4 is 0 Å². The van der Waals surface area contributed by atoms with Crippen LogP contribution in [-0.2, 0) is 9.47 Å². The van der Waals surface area contributed by atoms with E-state index in [1.807, 2.05) is 6.92 Å². The summed E-state index contributed by atoms with van der Waals surface area (Å²) in [6, 6.07) is 0. The smallest absolute Gasteiger partial charge is 0.186 e. The van der Waals surface area contributed by atoms with Gasteiger partial charge >= 0.3 is 0 Å². The molecule has 1 saturated heterocycles. The van der Waals surface area contributed by atoms with Gasteiger partial charge in [0.25, 0.3) is 0 Å². The van der Waals surface area contributed by atoms with Gasteiger partial charge in [0.15, 0.2) is 5.79 Å². The fraction of sp³-hybridized carbons (Fsp3) is 1.00. The molecule has 0 aromatic carbocycles. The van der Waals surface area contributed by atoms with Crippen molar-refractivity contribution in [1.82, 2.24) is 0 Å². The molecular formula is C6H12O3.